The zero-order chi connectivity index (χ0) is 14.9. The fourth-order valence-corrected chi connectivity index (χ4v) is 2.18. The number of nitro groups is 1. The van der Waals surface area contributed by atoms with Crippen LogP contribution in [0.4, 0.5) is 0 Å². The van der Waals surface area contributed by atoms with Gasteiger partial charge in [-0.2, -0.15) is 0 Å². The number of aliphatic hydroxyl groups excluding tert-OH is 2. The van der Waals surface area contributed by atoms with Crippen molar-refractivity contribution in [1.82, 2.24) is 0 Å². The van der Waals surface area contributed by atoms with Crippen LogP contribution in [0.2, 0.25) is 5.02 Å². The van der Waals surface area contributed by atoms with Crippen LogP contribution in [0.3, 0.4) is 0 Å². The summed E-state index contributed by atoms with van der Waals surface area (Å²) in [5.41, 5.74) is 0.541. The van der Waals surface area contributed by atoms with Crippen molar-refractivity contribution in [2.45, 2.75) is 31.3 Å². The predicted molar refractivity (Wildman–Crippen MR) is 71.2 cm³/mol. The lowest BCUT2D eigenvalue weighted by atomic mass is 9.95. The number of benzene rings is 1. The Labute approximate surface area is 119 Å². The molecule has 2 rings (SSSR count). The van der Waals surface area contributed by atoms with E-state index in [4.69, 9.17) is 16.4 Å². The molecule has 4 atom stereocenters. The number of oxime groups is 1. The molecule has 0 saturated carbocycles. The van der Waals surface area contributed by atoms with Gasteiger partial charge in [0, 0.05) is 9.95 Å². The van der Waals surface area contributed by atoms with Crippen molar-refractivity contribution in [1.29, 1.82) is 0 Å². The van der Waals surface area contributed by atoms with Gasteiger partial charge in [0.2, 0.25) is 6.10 Å². The summed E-state index contributed by atoms with van der Waals surface area (Å²) >= 11 is 5.73. The van der Waals surface area contributed by atoms with E-state index < -0.39 is 29.3 Å². The molecule has 1 aromatic rings. The van der Waals surface area contributed by atoms with Crippen molar-refractivity contribution in [2.75, 3.05) is 0 Å². The van der Waals surface area contributed by atoms with E-state index in [1.165, 1.54) is 19.1 Å². The average Bonchev–Trinajstić information content (AvgIpc) is 2.80. The van der Waals surface area contributed by atoms with Crippen LogP contribution in [0, 0.1) is 10.1 Å². The first-order chi connectivity index (χ1) is 9.41. The monoisotopic (exact) mass is 300 g/mol. The van der Waals surface area contributed by atoms with Gasteiger partial charge in [0.05, 0.1) is 0 Å². The van der Waals surface area contributed by atoms with Crippen LogP contribution >= 0.6 is 11.6 Å². The average molecular weight is 301 g/mol. The van der Waals surface area contributed by atoms with Crippen molar-refractivity contribution in [2.24, 2.45) is 5.16 Å². The molecule has 0 saturated heterocycles. The van der Waals surface area contributed by atoms with Crippen LogP contribution in [0.1, 0.15) is 18.6 Å². The van der Waals surface area contributed by atoms with Gasteiger partial charge in [-0.25, -0.2) is 0 Å². The molecule has 108 valence electrons. The molecule has 1 aromatic carbocycles. The highest BCUT2D eigenvalue weighted by atomic mass is 35.5. The molecule has 0 spiro atoms. The van der Waals surface area contributed by atoms with Crippen LogP contribution < -0.4 is 0 Å². The standard InChI is InChI=1S/C12H13ClN2O5/c1-6-9(15(18)19)12(20-14-6)11(17)10(16)7-2-4-8(13)5-3-7/h2-5,9-12,16-17H,1H3/t9-,10+,11-,12-/m0/s1. The van der Waals surface area contributed by atoms with Gasteiger partial charge in [0.15, 0.2) is 0 Å². The summed E-state index contributed by atoms with van der Waals surface area (Å²) in [6.07, 6.45) is -4.04. The van der Waals surface area contributed by atoms with Crippen LogP contribution in [0.25, 0.3) is 0 Å². The second-order valence-corrected chi connectivity index (χ2v) is 4.96. The molecule has 0 fully saturated rings. The number of nitrogens with zero attached hydrogens (tertiary/aromatic N) is 2. The fourth-order valence-electron chi connectivity index (χ4n) is 2.05. The van der Waals surface area contributed by atoms with Crippen molar-refractivity contribution in [3.63, 3.8) is 0 Å². The lowest BCUT2D eigenvalue weighted by molar-refractivity contribution is -0.514. The minimum atomic E-state index is -1.48. The molecule has 1 aliphatic heterocycles. The number of aliphatic hydroxyl groups is 2. The predicted octanol–water partition coefficient (Wildman–Crippen LogP) is 1.15. The molecule has 8 heteroatoms. The SMILES string of the molecule is CC1=NO[C@H]([C@@H](O)[C@H](O)c2ccc(Cl)cc2)[C@H]1[N+](=O)[O-]. The van der Waals surface area contributed by atoms with E-state index in [1.54, 1.807) is 12.1 Å². The lowest BCUT2D eigenvalue weighted by Gasteiger charge is -2.23. The Balaban J connectivity index is 2.16. The van der Waals surface area contributed by atoms with Gasteiger partial charge >= 0.3 is 0 Å². The van der Waals surface area contributed by atoms with Gasteiger partial charge in [-0.3, -0.25) is 10.1 Å². The van der Waals surface area contributed by atoms with E-state index in [2.05, 4.69) is 5.16 Å². The van der Waals surface area contributed by atoms with E-state index in [0.29, 0.717) is 10.6 Å². The van der Waals surface area contributed by atoms with Crippen LogP contribution in [0.15, 0.2) is 29.4 Å². The first kappa shape index (κ1) is 14.7. The van der Waals surface area contributed by atoms with Gasteiger partial charge < -0.3 is 15.1 Å². The molecular formula is C12H13ClN2O5. The number of rotatable bonds is 4. The summed E-state index contributed by atoms with van der Waals surface area (Å²) in [6, 6.07) is 4.89. The molecule has 0 radical (unpaired) electrons. The van der Waals surface area contributed by atoms with Gasteiger partial charge in [-0.15, -0.1) is 0 Å². The lowest BCUT2D eigenvalue weighted by Crippen LogP contribution is -2.45. The fraction of sp³-hybridized carbons (Fsp3) is 0.417. The molecule has 0 unspecified atom stereocenters. The summed E-state index contributed by atoms with van der Waals surface area (Å²) in [6.45, 7) is 1.44. The van der Waals surface area contributed by atoms with E-state index in [1.807, 2.05) is 0 Å². The van der Waals surface area contributed by atoms with Crippen LogP contribution in [-0.2, 0) is 4.84 Å². The third-order valence-electron chi connectivity index (χ3n) is 3.16. The third-order valence-corrected chi connectivity index (χ3v) is 3.41. The van der Waals surface area contributed by atoms with Crippen LogP contribution in [-0.4, -0.2) is 39.1 Å². The van der Waals surface area contributed by atoms with Crippen molar-refractivity contribution in [3.05, 3.63) is 45.0 Å². The highest BCUT2D eigenvalue weighted by molar-refractivity contribution is 6.30. The van der Waals surface area contributed by atoms with E-state index >= 15 is 0 Å². The maximum Gasteiger partial charge on any atom is 0.295 e. The molecular weight excluding hydrogens is 288 g/mol. The Kier molecular flexibility index (Phi) is 4.22. The van der Waals surface area contributed by atoms with E-state index in [9.17, 15) is 20.3 Å². The first-order valence-electron chi connectivity index (χ1n) is 5.87. The molecule has 7 nitrogen and oxygen atoms in total. The van der Waals surface area contributed by atoms with Crippen molar-refractivity contribution >= 4 is 17.3 Å². The Morgan fingerprint density at radius 1 is 1.40 bits per heavy atom. The number of hydrogen-bond acceptors (Lipinski definition) is 6. The van der Waals surface area contributed by atoms with Crippen molar-refractivity contribution in [3.8, 4) is 0 Å². The Morgan fingerprint density at radius 3 is 2.55 bits per heavy atom. The highest BCUT2D eigenvalue weighted by Gasteiger charge is 2.48. The molecule has 1 heterocycles. The summed E-state index contributed by atoms with van der Waals surface area (Å²) in [4.78, 5) is 15.3. The topological polar surface area (TPSA) is 105 Å². The largest absolute Gasteiger partial charge is 0.386 e. The second kappa shape index (κ2) is 5.74. The summed E-state index contributed by atoms with van der Waals surface area (Å²) < 4.78 is 0. The quantitative estimate of drug-likeness (QED) is 0.641. The number of hydrogen-bond donors (Lipinski definition) is 2. The highest BCUT2D eigenvalue weighted by Crippen LogP contribution is 2.27. The second-order valence-electron chi connectivity index (χ2n) is 4.52. The Hall–Kier alpha value is -1.70. The molecule has 20 heavy (non-hydrogen) atoms. The van der Waals surface area contributed by atoms with Gasteiger partial charge in [0.25, 0.3) is 6.04 Å². The van der Waals surface area contributed by atoms with Gasteiger partial charge in [-0.05, 0) is 24.6 Å². The zero-order valence-corrected chi connectivity index (χ0v) is 11.3. The summed E-state index contributed by atoms with van der Waals surface area (Å²) in [5.74, 6) is 0. The molecule has 2 N–H and O–H groups in total. The van der Waals surface area contributed by atoms with Crippen LogP contribution in [0.5, 0.6) is 0 Å². The third kappa shape index (κ3) is 2.74. The smallest absolute Gasteiger partial charge is 0.295 e. The molecule has 0 aliphatic carbocycles. The summed E-state index contributed by atoms with van der Waals surface area (Å²) in [5, 5.41) is 35.1. The van der Waals surface area contributed by atoms with E-state index in [-0.39, 0.29) is 5.71 Å². The van der Waals surface area contributed by atoms with E-state index in [0.717, 1.165) is 0 Å². The first-order valence-corrected chi connectivity index (χ1v) is 6.25. The molecule has 1 aliphatic rings. The minimum absolute atomic E-state index is 0.155. The van der Waals surface area contributed by atoms with Gasteiger partial charge in [0.1, 0.15) is 17.9 Å². The summed E-state index contributed by atoms with van der Waals surface area (Å²) in [7, 11) is 0. The Bertz CT molecular complexity index is 533. The normalized spacial score (nSPS) is 24.7. The van der Waals surface area contributed by atoms with Crippen molar-refractivity contribution < 1.29 is 20.0 Å². The minimum Gasteiger partial charge on any atom is -0.386 e. The molecule has 0 amide bonds. The van der Waals surface area contributed by atoms with Gasteiger partial charge in [-0.1, -0.05) is 28.9 Å². The number of halogens is 1. The zero-order valence-electron chi connectivity index (χ0n) is 10.5. The maximum absolute atomic E-state index is 11.0. The Morgan fingerprint density at radius 2 is 2.00 bits per heavy atom. The molecule has 0 aromatic heterocycles. The maximum atomic E-state index is 11.0. The molecule has 0 bridgehead atoms.